The smallest absolute Gasteiger partial charge is 0.408 e. The Morgan fingerprint density at radius 3 is 2.41 bits per heavy atom. The first kappa shape index (κ1) is 17.5. The molecule has 0 spiro atoms. The van der Waals surface area contributed by atoms with Gasteiger partial charge in [-0.25, -0.2) is 9.59 Å². The van der Waals surface area contributed by atoms with Gasteiger partial charge >= 0.3 is 12.1 Å². The zero-order chi connectivity index (χ0) is 16.5. The number of esters is 1. The van der Waals surface area contributed by atoms with Gasteiger partial charge in [-0.05, 0) is 5.56 Å². The van der Waals surface area contributed by atoms with Gasteiger partial charge < -0.3 is 19.7 Å². The molecular weight excluding hydrogens is 288 g/mol. The Bertz CT molecular complexity index is 518. The molecule has 1 aromatic rings. The number of nitrogens with one attached hydrogen (secondary N) is 1. The molecule has 0 heterocycles. The maximum absolute atomic E-state index is 11.8. The summed E-state index contributed by atoms with van der Waals surface area (Å²) in [7, 11) is 2.73. The number of methoxy groups -OCH3 is 1. The van der Waals surface area contributed by atoms with Crippen LogP contribution in [-0.4, -0.2) is 49.6 Å². The van der Waals surface area contributed by atoms with Gasteiger partial charge in [0.2, 0.25) is 5.91 Å². The van der Waals surface area contributed by atoms with Gasteiger partial charge in [-0.2, -0.15) is 0 Å². The molecule has 0 saturated heterocycles. The van der Waals surface area contributed by atoms with Gasteiger partial charge in [-0.15, -0.1) is 0 Å². The monoisotopic (exact) mass is 308 g/mol. The molecule has 0 unspecified atom stereocenters. The van der Waals surface area contributed by atoms with Crippen molar-refractivity contribution in [3.05, 3.63) is 35.9 Å². The highest BCUT2D eigenvalue weighted by atomic mass is 16.6. The highest BCUT2D eigenvalue weighted by molar-refractivity contribution is 5.82. The molecule has 0 aliphatic carbocycles. The number of likely N-dealkylation sites (N-methyl/N-ethyl adjacent to an activating group) is 1. The van der Waals surface area contributed by atoms with Crippen LogP contribution in [0.1, 0.15) is 12.5 Å². The highest BCUT2D eigenvalue weighted by Gasteiger charge is 2.24. The van der Waals surface area contributed by atoms with Crippen molar-refractivity contribution in [1.29, 1.82) is 0 Å². The van der Waals surface area contributed by atoms with Gasteiger partial charge in [0.1, 0.15) is 12.6 Å². The Morgan fingerprint density at radius 1 is 1.23 bits per heavy atom. The van der Waals surface area contributed by atoms with Crippen LogP contribution in [0.3, 0.4) is 0 Å². The van der Waals surface area contributed by atoms with Gasteiger partial charge in [0.05, 0.1) is 13.7 Å². The van der Waals surface area contributed by atoms with Crippen LogP contribution < -0.4 is 5.32 Å². The van der Waals surface area contributed by atoms with Crippen molar-refractivity contribution in [1.82, 2.24) is 10.2 Å². The predicted octanol–water partition coefficient (Wildman–Crippen LogP) is 0.933. The van der Waals surface area contributed by atoms with E-state index in [0.29, 0.717) is 0 Å². The third-order valence-electron chi connectivity index (χ3n) is 2.98. The molecular formula is C15H20N2O5. The van der Waals surface area contributed by atoms with Gasteiger partial charge in [-0.1, -0.05) is 30.3 Å². The molecule has 1 atom stereocenters. The summed E-state index contributed by atoms with van der Waals surface area (Å²) < 4.78 is 9.64. The number of ether oxygens (including phenoxy) is 2. The van der Waals surface area contributed by atoms with Crippen LogP contribution in [-0.2, 0) is 25.7 Å². The summed E-state index contributed by atoms with van der Waals surface area (Å²) in [5.41, 5.74) is 0.827. The molecule has 1 aromatic carbocycles. The van der Waals surface area contributed by atoms with Gasteiger partial charge in [0.25, 0.3) is 0 Å². The highest BCUT2D eigenvalue weighted by Crippen LogP contribution is 2.01. The first-order valence-electron chi connectivity index (χ1n) is 6.70. The van der Waals surface area contributed by atoms with E-state index < -0.39 is 18.1 Å². The van der Waals surface area contributed by atoms with E-state index in [9.17, 15) is 14.4 Å². The predicted molar refractivity (Wildman–Crippen MR) is 78.9 cm³/mol. The lowest BCUT2D eigenvalue weighted by molar-refractivity contribution is -0.144. The van der Waals surface area contributed by atoms with Crippen molar-refractivity contribution < 1.29 is 23.9 Å². The van der Waals surface area contributed by atoms with Crippen LogP contribution in [0.2, 0.25) is 0 Å². The molecule has 1 rings (SSSR count). The van der Waals surface area contributed by atoms with Crippen molar-refractivity contribution >= 4 is 18.0 Å². The van der Waals surface area contributed by atoms with Crippen LogP contribution in [0.5, 0.6) is 0 Å². The number of rotatable bonds is 6. The fourth-order valence-electron chi connectivity index (χ4n) is 1.63. The molecule has 7 heteroatoms. The lowest BCUT2D eigenvalue weighted by atomic mass is 10.2. The van der Waals surface area contributed by atoms with Gasteiger partial charge in [-0.3, -0.25) is 4.79 Å². The Kier molecular flexibility index (Phi) is 6.88. The van der Waals surface area contributed by atoms with E-state index in [1.807, 2.05) is 30.3 Å². The minimum absolute atomic E-state index is 0.00242. The summed E-state index contributed by atoms with van der Waals surface area (Å²) in [5, 5.41) is 2.39. The zero-order valence-electron chi connectivity index (χ0n) is 12.9. The average Bonchev–Trinajstić information content (AvgIpc) is 2.52. The minimum Gasteiger partial charge on any atom is -0.467 e. The Balaban J connectivity index is 2.55. The number of nitrogens with zero attached hydrogens (tertiary/aromatic N) is 1. The van der Waals surface area contributed by atoms with Crippen LogP contribution in [0, 0.1) is 0 Å². The number of hydrogen-bond donors (Lipinski definition) is 1. The lowest BCUT2D eigenvalue weighted by Crippen LogP contribution is -2.49. The molecule has 2 amide bonds. The second kappa shape index (κ2) is 8.66. The topological polar surface area (TPSA) is 84.9 Å². The lowest BCUT2D eigenvalue weighted by Gasteiger charge is -2.22. The standard InChI is InChI=1S/C15H20N2O5/c1-11(18)17(2)9-13(14(19)21-3)16-15(20)22-10-12-7-5-4-6-8-12/h4-8,13H,9-10H2,1-3H3,(H,16,20)/t13-/m0/s1. The third-order valence-corrected chi connectivity index (χ3v) is 2.98. The van der Waals surface area contributed by atoms with Crippen molar-refractivity contribution in [2.45, 2.75) is 19.6 Å². The molecule has 0 bridgehead atoms. The number of amides is 2. The van der Waals surface area contributed by atoms with Crippen molar-refractivity contribution in [3.63, 3.8) is 0 Å². The Hall–Kier alpha value is -2.57. The van der Waals surface area contributed by atoms with Crippen LogP contribution in [0.25, 0.3) is 0 Å². The molecule has 0 aromatic heterocycles. The van der Waals surface area contributed by atoms with Crippen molar-refractivity contribution in [2.24, 2.45) is 0 Å². The summed E-state index contributed by atoms with van der Waals surface area (Å²) in [6, 6.07) is 8.16. The number of alkyl carbamates (subject to hydrolysis) is 1. The van der Waals surface area contributed by atoms with E-state index in [1.165, 1.54) is 26.0 Å². The number of carbonyl (C=O) groups excluding carboxylic acids is 3. The summed E-state index contributed by atoms with van der Waals surface area (Å²) in [6.45, 7) is 1.45. The largest absolute Gasteiger partial charge is 0.467 e. The van der Waals surface area contributed by atoms with E-state index in [1.54, 1.807) is 0 Å². The summed E-state index contributed by atoms with van der Waals surface area (Å²) >= 11 is 0. The minimum atomic E-state index is -0.984. The van der Waals surface area contributed by atoms with Crippen LogP contribution in [0.15, 0.2) is 30.3 Å². The molecule has 0 fully saturated rings. The molecule has 22 heavy (non-hydrogen) atoms. The molecule has 120 valence electrons. The maximum atomic E-state index is 11.8. The molecule has 0 aliphatic heterocycles. The molecule has 7 nitrogen and oxygen atoms in total. The van der Waals surface area contributed by atoms with Crippen LogP contribution in [0.4, 0.5) is 4.79 Å². The van der Waals surface area contributed by atoms with E-state index in [-0.39, 0.29) is 19.1 Å². The maximum Gasteiger partial charge on any atom is 0.408 e. The Labute approximate surface area is 129 Å². The first-order chi connectivity index (χ1) is 10.4. The Morgan fingerprint density at radius 2 is 1.86 bits per heavy atom. The van der Waals surface area contributed by atoms with E-state index in [4.69, 9.17) is 4.74 Å². The number of benzene rings is 1. The number of hydrogen-bond acceptors (Lipinski definition) is 5. The molecule has 0 radical (unpaired) electrons. The van der Waals surface area contributed by atoms with Crippen molar-refractivity contribution in [2.75, 3.05) is 20.7 Å². The SMILES string of the molecule is COC(=O)[C@H](CN(C)C(C)=O)NC(=O)OCc1ccccc1. The van der Waals surface area contributed by atoms with E-state index >= 15 is 0 Å². The molecule has 0 aliphatic rings. The summed E-state index contributed by atoms with van der Waals surface area (Å²) in [5.74, 6) is -0.877. The normalized spacial score (nSPS) is 11.2. The van der Waals surface area contributed by atoms with Gasteiger partial charge in [0.15, 0.2) is 0 Å². The van der Waals surface area contributed by atoms with Crippen LogP contribution >= 0.6 is 0 Å². The first-order valence-corrected chi connectivity index (χ1v) is 6.70. The second-order valence-corrected chi connectivity index (χ2v) is 4.68. The fourth-order valence-corrected chi connectivity index (χ4v) is 1.63. The van der Waals surface area contributed by atoms with Crippen molar-refractivity contribution in [3.8, 4) is 0 Å². The number of carbonyl (C=O) groups is 3. The quantitative estimate of drug-likeness (QED) is 0.790. The van der Waals surface area contributed by atoms with E-state index in [0.717, 1.165) is 5.56 Å². The third kappa shape index (κ3) is 5.82. The summed E-state index contributed by atoms with van der Waals surface area (Å²) in [4.78, 5) is 35.9. The van der Waals surface area contributed by atoms with Gasteiger partial charge in [0, 0.05) is 14.0 Å². The van der Waals surface area contributed by atoms with E-state index in [2.05, 4.69) is 10.1 Å². The summed E-state index contributed by atoms with van der Waals surface area (Å²) in [6.07, 6.45) is -0.754. The second-order valence-electron chi connectivity index (χ2n) is 4.68. The average molecular weight is 308 g/mol. The molecule has 0 saturated carbocycles. The fraction of sp³-hybridized carbons (Fsp3) is 0.400. The molecule has 1 N–H and O–H groups in total. The zero-order valence-corrected chi connectivity index (χ0v) is 12.9.